The van der Waals surface area contributed by atoms with E-state index in [1.165, 1.54) is 0 Å². The van der Waals surface area contributed by atoms with Crippen LogP contribution in [0.4, 0.5) is 0 Å². The zero-order valence-corrected chi connectivity index (χ0v) is 13.7. The molecule has 0 fully saturated rings. The predicted molar refractivity (Wildman–Crippen MR) is 84.8 cm³/mol. The van der Waals surface area contributed by atoms with Gasteiger partial charge in [-0.1, -0.05) is 19.9 Å². The predicted octanol–water partition coefficient (Wildman–Crippen LogP) is 3.71. The standard InChI is InChI=1S/C17H27NO3/c1-6-20-15-9-8-14(11-16(15)21-7-2)13(5)18-17(19)10-12(3)4/h8-9,11-13H,6-7,10H2,1-5H3,(H,18,19). The molecule has 4 heteroatoms. The third kappa shape index (κ3) is 5.66. The van der Waals surface area contributed by atoms with E-state index in [9.17, 15) is 4.79 Å². The number of hydrogen-bond donors (Lipinski definition) is 1. The molecule has 0 heterocycles. The molecule has 1 N–H and O–H groups in total. The molecule has 1 aromatic rings. The molecule has 0 radical (unpaired) electrons. The first kappa shape index (κ1) is 17.3. The lowest BCUT2D eigenvalue weighted by atomic mass is 10.1. The third-order valence-electron chi connectivity index (χ3n) is 3.04. The number of rotatable bonds is 8. The Morgan fingerprint density at radius 3 is 2.29 bits per heavy atom. The molecule has 4 nitrogen and oxygen atoms in total. The van der Waals surface area contributed by atoms with Crippen molar-refractivity contribution in [2.75, 3.05) is 13.2 Å². The summed E-state index contributed by atoms with van der Waals surface area (Å²) in [4.78, 5) is 11.9. The Kier molecular flexibility index (Phi) is 7.06. The SMILES string of the molecule is CCOc1ccc(C(C)NC(=O)CC(C)C)cc1OCC. The maximum absolute atomic E-state index is 11.9. The second-order valence-corrected chi connectivity index (χ2v) is 5.46. The van der Waals surface area contributed by atoms with E-state index in [0.717, 1.165) is 17.1 Å². The van der Waals surface area contributed by atoms with Gasteiger partial charge >= 0.3 is 0 Å². The number of benzene rings is 1. The lowest BCUT2D eigenvalue weighted by Crippen LogP contribution is -2.27. The zero-order valence-electron chi connectivity index (χ0n) is 13.7. The first-order valence-electron chi connectivity index (χ1n) is 7.66. The topological polar surface area (TPSA) is 47.6 Å². The van der Waals surface area contributed by atoms with Crippen LogP contribution < -0.4 is 14.8 Å². The van der Waals surface area contributed by atoms with Gasteiger partial charge in [0.05, 0.1) is 19.3 Å². The lowest BCUT2D eigenvalue weighted by Gasteiger charge is -2.18. The summed E-state index contributed by atoms with van der Waals surface area (Å²) in [6.45, 7) is 11.1. The Morgan fingerprint density at radius 1 is 1.10 bits per heavy atom. The van der Waals surface area contributed by atoms with Crippen molar-refractivity contribution in [3.63, 3.8) is 0 Å². The molecule has 1 rings (SSSR count). The van der Waals surface area contributed by atoms with Gasteiger partial charge in [0.2, 0.25) is 5.91 Å². The molecule has 0 aromatic heterocycles. The molecule has 21 heavy (non-hydrogen) atoms. The van der Waals surface area contributed by atoms with E-state index < -0.39 is 0 Å². The maximum atomic E-state index is 11.9. The number of ether oxygens (including phenoxy) is 2. The van der Waals surface area contributed by atoms with Crippen molar-refractivity contribution in [2.45, 2.75) is 47.1 Å². The summed E-state index contributed by atoms with van der Waals surface area (Å²) in [5, 5.41) is 3.01. The molecule has 1 aromatic carbocycles. The monoisotopic (exact) mass is 293 g/mol. The normalized spacial score (nSPS) is 12.1. The van der Waals surface area contributed by atoms with Crippen molar-refractivity contribution in [3.05, 3.63) is 23.8 Å². The molecule has 0 aliphatic carbocycles. The minimum absolute atomic E-state index is 0.0499. The maximum Gasteiger partial charge on any atom is 0.220 e. The largest absolute Gasteiger partial charge is 0.490 e. The fraction of sp³-hybridized carbons (Fsp3) is 0.588. The molecule has 0 bridgehead atoms. The van der Waals surface area contributed by atoms with E-state index in [-0.39, 0.29) is 11.9 Å². The summed E-state index contributed by atoms with van der Waals surface area (Å²) in [6.07, 6.45) is 0.541. The van der Waals surface area contributed by atoms with Gasteiger partial charge in [0.25, 0.3) is 0 Å². The number of nitrogens with one attached hydrogen (secondary N) is 1. The molecule has 0 aliphatic heterocycles. The van der Waals surface area contributed by atoms with E-state index in [2.05, 4.69) is 5.32 Å². The van der Waals surface area contributed by atoms with Gasteiger partial charge in [0.15, 0.2) is 11.5 Å². The van der Waals surface area contributed by atoms with Crippen molar-refractivity contribution >= 4 is 5.91 Å². The molecule has 0 aliphatic rings. The van der Waals surface area contributed by atoms with Crippen LogP contribution in [0.25, 0.3) is 0 Å². The first-order valence-corrected chi connectivity index (χ1v) is 7.66. The molecule has 0 saturated carbocycles. The summed E-state index contributed by atoms with van der Waals surface area (Å²) in [5.74, 6) is 1.89. The van der Waals surface area contributed by atoms with Crippen LogP contribution >= 0.6 is 0 Å². The van der Waals surface area contributed by atoms with E-state index in [4.69, 9.17) is 9.47 Å². The molecular weight excluding hydrogens is 266 g/mol. The molecule has 118 valence electrons. The molecule has 1 unspecified atom stereocenters. The van der Waals surface area contributed by atoms with Crippen LogP contribution in [0.5, 0.6) is 11.5 Å². The molecule has 1 atom stereocenters. The van der Waals surface area contributed by atoms with E-state index in [1.54, 1.807) is 0 Å². The van der Waals surface area contributed by atoms with Crippen LogP contribution in [0.15, 0.2) is 18.2 Å². The van der Waals surface area contributed by atoms with Crippen LogP contribution in [-0.4, -0.2) is 19.1 Å². The quantitative estimate of drug-likeness (QED) is 0.795. The summed E-state index contributed by atoms with van der Waals surface area (Å²) in [5.41, 5.74) is 1.01. The number of amides is 1. The van der Waals surface area contributed by atoms with Gasteiger partial charge in [-0.3, -0.25) is 4.79 Å². The first-order chi connectivity index (χ1) is 9.97. The average molecular weight is 293 g/mol. The number of carbonyl (C=O) groups excluding carboxylic acids is 1. The second-order valence-electron chi connectivity index (χ2n) is 5.46. The lowest BCUT2D eigenvalue weighted by molar-refractivity contribution is -0.122. The fourth-order valence-corrected chi connectivity index (χ4v) is 2.09. The Bertz CT molecular complexity index is 457. The summed E-state index contributed by atoms with van der Waals surface area (Å²) in [7, 11) is 0. The highest BCUT2D eigenvalue weighted by molar-refractivity contribution is 5.76. The van der Waals surface area contributed by atoms with E-state index in [0.29, 0.717) is 25.6 Å². The van der Waals surface area contributed by atoms with E-state index in [1.807, 2.05) is 52.8 Å². The Labute approximate surface area is 127 Å². The Morgan fingerprint density at radius 2 is 1.71 bits per heavy atom. The van der Waals surface area contributed by atoms with Gasteiger partial charge in [0, 0.05) is 6.42 Å². The van der Waals surface area contributed by atoms with Gasteiger partial charge in [-0.2, -0.15) is 0 Å². The summed E-state index contributed by atoms with van der Waals surface area (Å²) in [6, 6.07) is 5.75. The molecule has 1 amide bonds. The minimum Gasteiger partial charge on any atom is -0.490 e. The van der Waals surface area contributed by atoms with Crippen molar-refractivity contribution in [1.29, 1.82) is 0 Å². The third-order valence-corrected chi connectivity index (χ3v) is 3.04. The summed E-state index contributed by atoms with van der Waals surface area (Å²) >= 11 is 0. The van der Waals surface area contributed by atoms with Crippen molar-refractivity contribution in [3.8, 4) is 11.5 Å². The number of carbonyl (C=O) groups is 1. The highest BCUT2D eigenvalue weighted by Crippen LogP contribution is 2.30. The van der Waals surface area contributed by atoms with Crippen molar-refractivity contribution in [1.82, 2.24) is 5.32 Å². The van der Waals surface area contributed by atoms with Crippen LogP contribution in [0.3, 0.4) is 0 Å². The molecule has 0 saturated heterocycles. The van der Waals surface area contributed by atoms with Crippen LogP contribution in [-0.2, 0) is 4.79 Å². The van der Waals surface area contributed by atoms with Crippen molar-refractivity contribution in [2.24, 2.45) is 5.92 Å². The Balaban J connectivity index is 2.82. The highest BCUT2D eigenvalue weighted by atomic mass is 16.5. The smallest absolute Gasteiger partial charge is 0.220 e. The molecular formula is C17H27NO3. The van der Waals surface area contributed by atoms with Crippen LogP contribution in [0.2, 0.25) is 0 Å². The highest BCUT2D eigenvalue weighted by Gasteiger charge is 2.13. The summed E-state index contributed by atoms with van der Waals surface area (Å²) < 4.78 is 11.2. The van der Waals surface area contributed by atoms with Gasteiger partial charge in [-0.15, -0.1) is 0 Å². The molecule has 0 spiro atoms. The van der Waals surface area contributed by atoms with Crippen LogP contribution in [0.1, 0.15) is 52.6 Å². The average Bonchev–Trinajstić information content (AvgIpc) is 2.40. The van der Waals surface area contributed by atoms with Gasteiger partial charge < -0.3 is 14.8 Å². The van der Waals surface area contributed by atoms with Crippen LogP contribution in [0, 0.1) is 5.92 Å². The fourth-order valence-electron chi connectivity index (χ4n) is 2.09. The van der Waals surface area contributed by atoms with Gasteiger partial charge in [-0.05, 0) is 44.4 Å². The second kappa shape index (κ2) is 8.55. The van der Waals surface area contributed by atoms with E-state index >= 15 is 0 Å². The minimum atomic E-state index is -0.0499. The number of hydrogen-bond acceptors (Lipinski definition) is 3. The van der Waals surface area contributed by atoms with Gasteiger partial charge in [0.1, 0.15) is 0 Å². The van der Waals surface area contributed by atoms with Crippen molar-refractivity contribution < 1.29 is 14.3 Å². The Hall–Kier alpha value is -1.71. The zero-order chi connectivity index (χ0) is 15.8. The van der Waals surface area contributed by atoms with Gasteiger partial charge in [-0.25, -0.2) is 0 Å².